The number of ether oxygens (including phenoxy) is 2. The van der Waals surface area contributed by atoms with Crippen molar-refractivity contribution in [1.82, 2.24) is 9.78 Å². The lowest BCUT2D eigenvalue weighted by Crippen LogP contribution is -2.10. The quantitative estimate of drug-likeness (QED) is 0.894. The van der Waals surface area contributed by atoms with Crippen LogP contribution >= 0.6 is 0 Å². The number of nitrogen functional groups attached to an aromatic ring is 1. The summed E-state index contributed by atoms with van der Waals surface area (Å²) in [4.78, 5) is 0. The number of aryl methyl sites for hydroxylation is 1. The largest absolute Gasteiger partial charge is 0.383 e. The van der Waals surface area contributed by atoms with Gasteiger partial charge >= 0.3 is 0 Å². The van der Waals surface area contributed by atoms with Gasteiger partial charge in [-0.15, -0.1) is 0 Å². The van der Waals surface area contributed by atoms with Crippen molar-refractivity contribution in [3.63, 3.8) is 0 Å². The lowest BCUT2D eigenvalue weighted by molar-refractivity contribution is 0.0278. The number of methoxy groups -OCH3 is 2. The molecule has 102 valence electrons. The Morgan fingerprint density at radius 2 is 2.00 bits per heavy atom. The van der Waals surface area contributed by atoms with Gasteiger partial charge in [-0.05, 0) is 11.1 Å². The molecule has 0 spiro atoms. The van der Waals surface area contributed by atoms with E-state index in [-0.39, 0.29) is 6.10 Å². The molecular formula is C14H19N3O2. The highest BCUT2D eigenvalue weighted by Gasteiger charge is 2.18. The zero-order valence-corrected chi connectivity index (χ0v) is 11.5. The molecule has 1 atom stereocenters. The molecule has 5 heteroatoms. The third-order valence-corrected chi connectivity index (χ3v) is 3.19. The van der Waals surface area contributed by atoms with E-state index in [0.717, 1.165) is 16.7 Å². The maximum atomic E-state index is 6.05. The van der Waals surface area contributed by atoms with E-state index in [1.54, 1.807) is 25.1 Å². The van der Waals surface area contributed by atoms with Crippen LogP contribution in [0.5, 0.6) is 0 Å². The number of anilines is 1. The monoisotopic (exact) mass is 261 g/mol. The Kier molecular flexibility index (Phi) is 4.19. The SMILES string of the molecule is COCC(OC)c1ccccc1-c1cnn(C)c1N. The molecule has 0 saturated heterocycles. The lowest BCUT2D eigenvalue weighted by atomic mass is 9.98. The van der Waals surface area contributed by atoms with Crippen LogP contribution < -0.4 is 5.73 Å². The van der Waals surface area contributed by atoms with Crippen LogP contribution in [0.1, 0.15) is 11.7 Å². The van der Waals surface area contributed by atoms with E-state index in [4.69, 9.17) is 15.2 Å². The minimum atomic E-state index is -0.124. The molecule has 1 aromatic carbocycles. The molecular weight excluding hydrogens is 242 g/mol. The molecule has 0 fully saturated rings. The van der Waals surface area contributed by atoms with Gasteiger partial charge < -0.3 is 15.2 Å². The predicted molar refractivity (Wildman–Crippen MR) is 74.7 cm³/mol. The van der Waals surface area contributed by atoms with Crippen molar-refractivity contribution in [3.8, 4) is 11.1 Å². The van der Waals surface area contributed by atoms with Gasteiger partial charge in [0.2, 0.25) is 0 Å². The van der Waals surface area contributed by atoms with Crippen LogP contribution in [-0.2, 0) is 16.5 Å². The van der Waals surface area contributed by atoms with Crippen molar-refractivity contribution >= 4 is 5.82 Å². The van der Waals surface area contributed by atoms with E-state index in [0.29, 0.717) is 12.4 Å². The topological polar surface area (TPSA) is 62.3 Å². The molecule has 0 aliphatic carbocycles. The zero-order chi connectivity index (χ0) is 13.8. The van der Waals surface area contributed by atoms with Gasteiger partial charge in [0, 0.05) is 26.8 Å². The first-order valence-electron chi connectivity index (χ1n) is 6.07. The summed E-state index contributed by atoms with van der Waals surface area (Å²) in [7, 11) is 5.16. The molecule has 1 heterocycles. The molecule has 1 aromatic heterocycles. The fourth-order valence-electron chi connectivity index (χ4n) is 2.11. The first-order valence-corrected chi connectivity index (χ1v) is 6.07. The van der Waals surface area contributed by atoms with Gasteiger partial charge in [0.1, 0.15) is 11.9 Å². The van der Waals surface area contributed by atoms with Gasteiger partial charge in [0.25, 0.3) is 0 Å². The molecule has 5 nitrogen and oxygen atoms in total. The van der Waals surface area contributed by atoms with E-state index in [1.807, 2.05) is 31.3 Å². The fourth-order valence-corrected chi connectivity index (χ4v) is 2.11. The molecule has 0 radical (unpaired) electrons. The maximum Gasteiger partial charge on any atom is 0.129 e. The number of nitrogens with two attached hydrogens (primary N) is 1. The maximum absolute atomic E-state index is 6.05. The van der Waals surface area contributed by atoms with Crippen LogP contribution in [0.25, 0.3) is 11.1 Å². The average molecular weight is 261 g/mol. The zero-order valence-electron chi connectivity index (χ0n) is 11.5. The van der Waals surface area contributed by atoms with Gasteiger partial charge in [0.05, 0.1) is 12.8 Å². The van der Waals surface area contributed by atoms with Gasteiger partial charge in [-0.25, -0.2) is 0 Å². The van der Waals surface area contributed by atoms with Gasteiger partial charge in [-0.1, -0.05) is 24.3 Å². The molecule has 0 bridgehead atoms. The van der Waals surface area contributed by atoms with Crippen LogP contribution in [0.4, 0.5) is 5.82 Å². The van der Waals surface area contributed by atoms with Crippen molar-refractivity contribution in [3.05, 3.63) is 36.0 Å². The number of rotatable bonds is 5. The third kappa shape index (κ3) is 2.62. The summed E-state index contributed by atoms with van der Waals surface area (Å²) in [5.74, 6) is 0.639. The highest BCUT2D eigenvalue weighted by Crippen LogP contribution is 2.32. The van der Waals surface area contributed by atoms with Crippen molar-refractivity contribution in [2.45, 2.75) is 6.10 Å². The first kappa shape index (κ1) is 13.6. The van der Waals surface area contributed by atoms with Crippen LogP contribution in [0.15, 0.2) is 30.5 Å². The van der Waals surface area contributed by atoms with Crippen LogP contribution in [-0.4, -0.2) is 30.6 Å². The second-order valence-electron chi connectivity index (χ2n) is 4.33. The van der Waals surface area contributed by atoms with E-state index in [9.17, 15) is 0 Å². The Hall–Kier alpha value is -1.85. The van der Waals surface area contributed by atoms with Crippen LogP contribution in [0, 0.1) is 0 Å². The lowest BCUT2D eigenvalue weighted by Gasteiger charge is -2.18. The Morgan fingerprint density at radius 3 is 2.58 bits per heavy atom. The van der Waals surface area contributed by atoms with E-state index in [2.05, 4.69) is 5.10 Å². The van der Waals surface area contributed by atoms with Gasteiger partial charge in [-0.2, -0.15) is 5.10 Å². The fraction of sp³-hybridized carbons (Fsp3) is 0.357. The molecule has 0 amide bonds. The average Bonchev–Trinajstić information content (AvgIpc) is 2.76. The minimum Gasteiger partial charge on any atom is -0.383 e. The summed E-state index contributed by atoms with van der Waals surface area (Å²) in [6.45, 7) is 0.494. The number of benzene rings is 1. The van der Waals surface area contributed by atoms with Crippen LogP contribution in [0.3, 0.4) is 0 Å². The van der Waals surface area contributed by atoms with Gasteiger partial charge in [0.15, 0.2) is 0 Å². The summed E-state index contributed by atoms with van der Waals surface area (Å²) in [6.07, 6.45) is 1.65. The Bertz CT molecular complexity index is 551. The normalized spacial score (nSPS) is 12.6. The second kappa shape index (κ2) is 5.86. The van der Waals surface area contributed by atoms with Crippen molar-refractivity contribution in [2.24, 2.45) is 7.05 Å². The summed E-state index contributed by atoms with van der Waals surface area (Å²) in [5.41, 5.74) is 9.03. The number of aromatic nitrogens is 2. The Morgan fingerprint density at radius 1 is 1.26 bits per heavy atom. The van der Waals surface area contributed by atoms with Crippen molar-refractivity contribution < 1.29 is 9.47 Å². The third-order valence-electron chi connectivity index (χ3n) is 3.19. The number of hydrogen-bond acceptors (Lipinski definition) is 4. The molecule has 2 rings (SSSR count). The molecule has 0 aliphatic heterocycles. The van der Waals surface area contributed by atoms with Crippen molar-refractivity contribution in [1.29, 1.82) is 0 Å². The predicted octanol–water partition coefficient (Wildman–Crippen LogP) is 2.00. The first-order chi connectivity index (χ1) is 9.19. The molecule has 2 N–H and O–H groups in total. The summed E-state index contributed by atoms with van der Waals surface area (Å²) >= 11 is 0. The minimum absolute atomic E-state index is 0.124. The Balaban J connectivity index is 2.49. The molecule has 19 heavy (non-hydrogen) atoms. The molecule has 1 unspecified atom stereocenters. The van der Waals surface area contributed by atoms with E-state index in [1.165, 1.54) is 0 Å². The number of nitrogens with zero attached hydrogens (tertiary/aromatic N) is 2. The summed E-state index contributed by atoms with van der Waals surface area (Å²) < 4.78 is 12.3. The van der Waals surface area contributed by atoms with Crippen LogP contribution in [0.2, 0.25) is 0 Å². The van der Waals surface area contributed by atoms with Crippen molar-refractivity contribution in [2.75, 3.05) is 26.6 Å². The summed E-state index contributed by atoms with van der Waals surface area (Å²) in [6, 6.07) is 8.00. The second-order valence-corrected chi connectivity index (χ2v) is 4.33. The number of hydrogen-bond donors (Lipinski definition) is 1. The molecule has 0 saturated carbocycles. The smallest absolute Gasteiger partial charge is 0.129 e. The molecule has 2 aromatic rings. The standard InChI is InChI=1S/C14H19N3O2/c1-17-14(15)12(8-16-17)10-6-4-5-7-11(10)13(19-3)9-18-2/h4-8,13H,9,15H2,1-3H3. The Labute approximate surface area is 112 Å². The van der Waals surface area contributed by atoms with E-state index >= 15 is 0 Å². The highest BCUT2D eigenvalue weighted by molar-refractivity contribution is 5.76. The highest BCUT2D eigenvalue weighted by atomic mass is 16.5. The summed E-state index contributed by atoms with van der Waals surface area (Å²) in [5, 5.41) is 4.18. The van der Waals surface area contributed by atoms with Gasteiger partial charge in [-0.3, -0.25) is 4.68 Å². The van der Waals surface area contributed by atoms with E-state index < -0.39 is 0 Å². The molecule has 0 aliphatic rings.